The van der Waals surface area contributed by atoms with Gasteiger partial charge in [-0.05, 0) is 106 Å². The number of hydrogen-bond acceptors (Lipinski definition) is 4. The number of fused-ring (bicyclic) bond motifs is 5. The van der Waals surface area contributed by atoms with E-state index >= 15 is 0 Å². The first-order valence-electron chi connectivity index (χ1n) is 14.9. The van der Waals surface area contributed by atoms with E-state index in [1.165, 1.54) is 16.7 Å². The normalized spacial score (nSPS) is 40.8. The van der Waals surface area contributed by atoms with Crippen molar-refractivity contribution in [1.29, 1.82) is 0 Å². The van der Waals surface area contributed by atoms with E-state index in [-0.39, 0.29) is 16.9 Å². The molecule has 0 aromatic heterocycles. The molecule has 4 nitrogen and oxygen atoms in total. The lowest BCUT2D eigenvalue weighted by Crippen LogP contribution is -2.54. The van der Waals surface area contributed by atoms with Gasteiger partial charge in [-0.15, -0.1) is 0 Å². The van der Waals surface area contributed by atoms with E-state index in [0.29, 0.717) is 61.6 Å². The van der Waals surface area contributed by atoms with Crippen LogP contribution in [-0.4, -0.2) is 36.3 Å². The largest absolute Gasteiger partial charge is 0.377 e. The summed E-state index contributed by atoms with van der Waals surface area (Å²) in [6, 6.07) is 9.06. The molecule has 1 aromatic rings. The van der Waals surface area contributed by atoms with E-state index in [4.69, 9.17) is 9.47 Å². The monoisotopic (exact) mass is 516 g/mol. The van der Waals surface area contributed by atoms with Gasteiger partial charge in [0.1, 0.15) is 11.7 Å². The van der Waals surface area contributed by atoms with Crippen molar-refractivity contribution >= 4 is 5.78 Å². The third-order valence-electron chi connectivity index (χ3n) is 10.7. The maximum atomic E-state index is 12.3. The minimum atomic E-state index is -0.958. The van der Waals surface area contributed by atoms with Crippen LogP contribution in [0.3, 0.4) is 0 Å². The Morgan fingerprint density at radius 2 is 1.76 bits per heavy atom. The van der Waals surface area contributed by atoms with Gasteiger partial charge < -0.3 is 14.6 Å². The molecule has 1 aromatic carbocycles. The van der Waals surface area contributed by atoms with Crippen molar-refractivity contribution in [3.8, 4) is 11.8 Å². The van der Waals surface area contributed by atoms with Crippen LogP contribution in [0.4, 0.5) is 0 Å². The number of hydrogen-bond donors (Lipinski definition) is 1. The first-order valence-corrected chi connectivity index (χ1v) is 14.9. The molecule has 3 saturated carbocycles. The molecule has 0 spiro atoms. The standard InChI is InChI=1S/C34H44O4/c1-32(2,3)15-16-34(36)14-13-29-27-11-9-24-19-25(35)10-12-26(24)31(27)28(20-33(29,34)4)22-5-7-23(8-6-22)30-21-37-17-18-38-30/h5-8,19,26-31,36H,9-14,17-18,20-21H2,1-4H3/t26-,27-,28+,29-,30?,31+,33-,34+/m0/s1. The molecule has 5 aliphatic rings. The van der Waals surface area contributed by atoms with Crippen LogP contribution in [0.15, 0.2) is 35.9 Å². The van der Waals surface area contributed by atoms with Crippen molar-refractivity contribution < 1.29 is 19.4 Å². The maximum Gasteiger partial charge on any atom is 0.155 e. The highest BCUT2D eigenvalue weighted by molar-refractivity contribution is 5.91. The van der Waals surface area contributed by atoms with Gasteiger partial charge in [0.05, 0.1) is 19.8 Å². The summed E-state index contributed by atoms with van der Waals surface area (Å²) in [6.07, 6.45) is 8.52. The van der Waals surface area contributed by atoms with Gasteiger partial charge in [0.15, 0.2) is 5.78 Å². The van der Waals surface area contributed by atoms with Crippen molar-refractivity contribution in [2.45, 2.75) is 90.3 Å². The van der Waals surface area contributed by atoms with E-state index in [1.807, 2.05) is 6.08 Å². The summed E-state index contributed by atoms with van der Waals surface area (Å²) in [5.41, 5.74) is 2.58. The molecule has 1 N–H and O–H groups in total. The predicted octanol–water partition coefficient (Wildman–Crippen LogP) is 6.39. The number of benzene rings is 1. The first kappa shape index (κ1) is 26.3. The van der Waals surface area contributed by atoms with Crippen LogP contribution in [0, 0.1) is 46.3 Å². The van der Waals surface area contributed by atoms with Gasteiger partial charge in [-0.25, -0.2) is 0 Å². The van der Waals surface area contributed by atoms with Crippen molar-refractivity contribution in [3.05, 3.63) is 47.0 Å². The lowest BCUT2D eigenvalue weighted by atomic mass is 9.46. The topological polar surface area (TPSA) is 55.8 Å². The molecule has 38 heavy (non-hydrogen) atoms. The zero-order valence-corrected chi connectivity index (χ0v) is 23.6. The molecule has 204 valence electrons. The SMILES string of the molecule is CC(C)(C)C#C[C@]1(O)CC[C@H]2[C@@H]3CCC4=CC(=O)CC[C@@H]4[C@H]3[C@@H](c3ccc(C4COCCO4)cc3)C[C@@]21C. The third-order valence-corrected chi connectivity index (χ3v) is 10.7. The highest BCUT2D eigenvalue weighted by Crippen LogP contribution is 2.68. The van der Waals surface area contributed by atoms with Crippen LogP contribution in [-0.2, 0) is 14.3 Å². The number of ether oxygens (including phenoxy) is 2. The molecular weight excluding hydrogens is 472 g/mol. The summed E-state index contributed by atoms with van der Waals surface area (Å²) in [5, 5.41) is 12.2. The number of allylic oxidation sites excluding steroid dienone is 1. The quantitative estimate of drug-likeness (QED) is 0.463. The number of carbonyl (C=O) groups is 1. The Labute approximate surface area is 228 Å². The Hall–Kier alpha value is -1.93. The Balaban J connectivity index is 1.39. The zero-order valence-electron chi connectivity index (χ0n) is 23.6. The minimum Gasteiger partial charge on any atom is -0.377 e. The van der Waals surface area contributed by atoms with Crippen LogP contribution in [0.1, 0.15) is 95.8 Å². The fourth-order valence-electron chi connectivity index (χ4n) is 8.79. The summed E-state index contributed by atoms with van der Waals surface area (Å²) in [4.78, 5) is 12.3. The Kier molecular flexibility index (Phi) is 6.65. The number of ketones is 1. The van der Waals surface area contributed by atoms with E-state index in [2.05, 4.69) is 63.8 Å². The average molecular weight is 517 g/mol. The highest BCUT2D eigenvalue weighted by atomic mass is 16.6. The molecule has 1 unspecified atom stereocenters. The van der Waals surface area contributed by atoms with Gasteiger partial charge in [-0.1, -0.05) is 48.6 Å². The van der Waals surface area contributed by atoms with Crippen molar-refractivity contribution in [1.82, 2.24) is 0 Å². The molecule has 4 heteroatoms. The molecule has 4 aliphatic carbocycles. The van der Waals surface area contributed by atoms with E-state index in [1.54, 1.807) is 0 Å². The molecule has 6 rings (SSSR count). The summed E-state index contributed by atoms with van der Waals surface area (Å²) in [7, 11) is 0. The van der Waals surface area contributed by atoms with Crippen molar-refractivity contribution in [2.24, 2.45) is 34.5 Å². The molecule has 4 fully saturated rings. The lowest BCUT2D eigenvalue weighted by molar-refractivity contribution is -0.117. The molecule has 0 radical (unpaired) electrons. The minimum absolute atomic E-state index is 0.0000263. The zero-order chi connectivity index (χ0) is 26.7. The Bertz CT molecular complexity index is 1160. The van der Waals surface area contributed by atoms with Crippen LogP contribution in [0.25, 0.3) is 0 Å². The van der Waals surface area contributed by atoms with Crippen LogP contribution < -0.4 is 0 Å². The van der Waals surface area contributed by atoms with Gasteiger partial charge in [0.2, 0.25) is 0 Å². The van der Waals surface area contributed by atoms with Gasteiger partial charge >= 0.3 is 0 Å². The van der Waals surface area contributed by atoms with Gasteiger partial charge in [0, 0.05) is 17.3 Å². The number of rotatable bonds is 2. The molecular formula is C34H44O4. The molecule has 0 amide bonds. The van der Waals surface area contributed by atoms with E-state index in [9.17, 15) is 9.90 Å². The van der Waals surface area contributed by atoms with E-state index < -0.39 is 5.60 Å². The second-order valence-electron chi connectivity index (χ2n) is 13.9. The fraction of sp³-hybridized carbons (Fsp3) is 0.676. The first-order chi connectivity index (χ1) is 18.1. The van der Waals surface area contributed by atoms with E-state index in [0.717, 1.165) is 38.5 Å². The van der Waals surface area contributed by atoms with Crippen molar-refractivity contribution in [3.63, 3.8) is 0 Å². The fourth-order valence-corrected chi connectivity index (χ4v) is 8.79. The smallest absolute Gasteiger partial charge is 0.155 e. The molecule has 0 bridgehead atoms. The summed E-state index contributed by atoms with van der Waals surface area (Å²) < 4.78 is 11.6. The average Bonchev–Trinajstić information content (AvgIpc) is 3.17. The van der Waals surface area contributed by atoms with Crippen molar-refractivity contribution in [2.75, 3.05) is 19.8 Å². The van der Waals surface area contributed by atoms with Crippen LogP contribution >= 0.6 is 0 Å². The summed E-state index contributed by atoms with van der Waals surface area (Å²) >= 11 is 0. The second-order valence-corrected chi connectivity index (χ2v) is 13.9. The molecule has 1 saturated heterocycles. The third kappa shape index (κ3) is 4.49. The Morgan fingerprint density at radius 3 is 2.47 bits per heavy atom. The van der Waals surface area contributed by atoms with Gasteiger partial charge in [-0.3, -0.25) is 4.79 Å². The molecule has 1 aliphatic heterocycles. The highest BCUT2D eigenvalue weighted by Gasteiger charge is 2.64. The molecule has 8 atom stereocenters. The van der Waals surface area contributed by atoms with Gasteiger partial charge in [0.25, 0.3) is 0 Å². The predicted molar refractivity (Wildman–Crippen MR) is 148 cm³/mol. The number of carbonyl (C=O) groups excluding carboxylic acids is 1. The maximum absolute atomic E-state index is 12.3. The summed E-state index contributed by atoms with van der Waals surface area (Å²) in [6.45, 7) is 10.6. The second kappa shape index (κ2) is 9.61. The molecule has 1 heterocycles. The summed E-state index contributed by atoms with van der Waals surface area (Å²) in [5.74, 6) is 9.50. The van der Waals surface area contributed by atoms with Crippen LogP contribution in [0.2, 0.25) is 0 Å². The van der Waals surface area contributed by atoms with Gasteiger partial charge in [-0.2, -0.15) is 0 Å². The lowest BCUT2D eigenvalue weighted by Gasteiger charge is -2.58. The Morgan fingerprint density at radius 1 is 1.00 bits per heavy atom. The van der Waals surface area contributed by atoms with Crippen LogP contribution in [0.5, 0.6) is 0 Å². The number of aliphatic hydroxyl groups is 1.